The molecule has 0 aliphatic heterocycles. The molecule has 0 heterocycles. The first kappa shape index (κ1) is 23.8. The molecule has 4 nitrogen and oxygen atoms in total. The zero-order chi connectivity index (χ0) is 22.3. The van der Waals surface area contributed by atoms with Crippen LogP contribution >= 0.6 is 23.5 Å². The first-order chi connectivity index (χ1) is 14.3. The van der Waals surface area contributed by atoms with E-state index in [2.05, 4.69) is 20.1 Å². The van der Waals surface area contributed by atoms with Gasteiger partial charge in [0.05, 0.1) is 4.90 Å². The SMILES string of the molecule is C=C(C)C(=O)Oc1ccc(-c2ccc(OC(=O)C(=C)C)c(SCC)c2)c(SCC)c1. The molecule has 6 heteroatoms. The van der Waals surface area contributed by atoms with Crippen LogP contribution < -0.4 is 9.47 Å². The highest BCUT2D eigenvalue weighted by Gasteiger charge is 2.15. The monoisotopic (exact) mass is 442 g/mol. The third kappa shape index (κ3) is 6.28. The standard InChI is InChI=1S/C24H26O4S2/c1-7-29-21-14-18(27-23(25)15(3)4)10-11-19(21)17-9-12-20(22(13-17)30-8-2)28-24(26)16(5)6/h9-14H,3,5,7-8H2,1-2,4,6H3. The van der Waals surface area contributed by atoms with Crippen LogP contribution in [0.5, 0.6) is 11.5 Å². The number of thioether (sulfide) groups is 2. The number of carbonyl (C=O) groups is 2. The minimum Gasteiger partial charge on any atom is -0.423 e. The number of esters is 2. The lowest BCUT2D eigenvalue weighted by Crippen LogP contribution is -2.09. The molecule has 0 atom stereocenters. The summed E-state index contributed by atoms with van der Waals surface area (Å²) >= 11 is 3.27. The van der Waals surface area contributed by atoms with E-state index in [-0.39, 0.29) is 0 Å². The van der Waals surface area contributed by atoms with Crippen LogP contribution in [0, 0.1) is 0 Å². The Morgan fingerprint density at radius 3 is 2.03 bits per heavy atom. The van der Waals surface area contributed by atoms with Crippen molar-refractivity contribution in [3.8, 4) is 22.6 Å². The molecular formula is C24H26O4S2. The van der Waals surface area contributed by atoms with E-state index in [9.17, 15) is 9.59 Å². The maximum atomic E-state index is 12.0. The van der Waals surface area contributed by atoms with Crippen molar-refractivity contribution in [1.29, 1.82) is 0 Å². The van der Waals surface area contributed by atoms with Gasteiger partial charge in [-0.3, -0.25) is 0 Å². The summed E-state index contributed by atoms with van der Waals surface area (Å²) in [7, 11) is 0. The van der Waals surface area contributed by atoms with Gasteiger partial charge in [0.1, 0.15) is 11.5 Å². The number of carbonyl (C=O) groups excluding carboxylic acids is 2. The van der Waals surface area contributed by atoms with Gasteiger partial charge in [-0.1, -0.05) is 33.1 Å². The van der Waals surface area contributed by atoms with Gasteiger partial charge < -0.3 is 9.47 Å². The highest BCUT2D eigenvalue weighted by atomic mass is 32.2. The molecule has 30 heavy (non-hydrogen) atoms. The average molecular weight is 443 g/mol. The lowest BCUT2D eigenvalue weighted by atomic mass is 10.1. The van der Waals surface area contributed by atoms with Crippen LogP contribution in [0.25, 0.3) is 11.1 Å². The predicted octanol–water partition coefficient (Wildman–Crippen LogP) is 6.54. The smallest absolute Gasteiger partial charge is 0.338 e. The second-order valence-corrected chi connectivity index (χ2v) is 9.14. The van der Waals surface area contributed by atoms with Gasteiger partial charge in [0.15, 0.2) is 0 Å². The summed E-state index contributed by atoms with van der Waals surface area (Å²) in [4.78, 5) is 25.7. The van der Waals surface area contributed by atoms with Crippen molar-refractivity contribution in [2.24, 2.45) is 0 Å². The molecule has 2 rings (SSSR count). The Balaban J connectivity index is 2.44. The van der Waals surface area contributed by atoms with Crippen molar-refractivity contribution in [1.82, 2.24) is 0 Å². The molecule has 0 radical (unpaired) electrons. The quantitative estimate of drug-likeness (QED) is 0.190. The fraction of sp³-hybridized carbons (Fsp3) is 0.250. The molecule has 0 saturated heterocycles. The molecule has 0 fully saturated rings. The van der Waals surface area contributed by atoms with E-state index in [1.165, 1.54) is 0 Å². The molecule has 0 spiro atoms. The average Bonchev–Trinajstić information content (AvgIpc) is 2.69. The lowest BCUT2D eigenvalue weighted by Gasteiger charge is -2.14. The summed E-state index contributed by atoms with van der Waals surface area (Å²) in [5, 5.41) is 0. The van der Waals surface area contributed by atoms with E-state index in [4.69, 9.17) is 9.47 Å². The van der Waals surface area contributed by atoms with Gasteiger partial charge in [0, 0.05) is 16.0 Å². The maximum absolute atomic E-state index is 12.0. The highest BCUT2D eigenvalue weighted by molar-refractivity contribution is 7.99. The zero-order valence-electron chi connectivity index (χ0n) is 17.7. The molecule has 2 aromatic rings. The van der Waals surface area contributed by atoms with E-state index in [1.807, 2.05) is 37.3 Å². The van der Waals surface area contributed by atoms with Crippen molar-refractivity contribution in [2.45, 2.75) is 37.5 Å². The number of ether oxygens (including phenoxy) is 2. The second-order valence-electron chi connectivity index (χ2n) is 6.53. The van der Waals surface area contributed by atoms with Gasteiger partial charge in [0.25, 0.3) is 0 Å². The Hall–Kier alpha value is -2.44. The van der Waals surface area contributed by atoms with Crippen LogP contribution in [0.3, 0.4) is 0 Å². The molecule has 2 aromatic carbocycles. The van der Waals surface area contributed by atoms with Gasteiger partial charge in [-0.2, -0.15) is 0 Å². The van der Waals surface area contributed by atoms with Crippen molar-refractivity contribution in [3.05, 3.63) is 60.7 Å². The van der Waals surface area contributed by atoms with Crippen LogP contribution in [-0.2, 0) is 9.59 Å². The molecule has 0 saturated carbocycles. The molecule has 0 unspecified atom stereocenters. The van der Waals surface area contributed by atoms with Crippen molar-refractivity contribution < 1.29 is 19.1 Å². The third-order valence-electron chi connectivity index (χ3n) is 3.92. The van der Waals surface area contributed by atoms with Gasteiger partial charge in [0.2, 0.25) is 0 Å². The Morgan fingerprint density at radius 1 is 0.833 bits per heavy atom. The molecule has 0 bridgehead atoms. The minimum absolute atomic E-state index is 0.352. The molecule has 158 valence electrons. The van der Waals surface area contributed by atoms with Crippen LogP contribution in [0.4, 0.5) is 0 Å². The maximum Gasteiger partial charge on any atom is 0.338 e. The summed E-state index contributed by atoms with van der Waals surface area (Å²) < 4.78 is 10.9. The zero-order valence-corrected chi connectivity index (χ0v) is 19.4. The first-order valence-corrected chi connectivity index (χ1v) is 11.5. The third-order valence-corrected chi connectivity index (χ3v) is 5.77. The Kier molecular flexibility index (Phi) is 8.81. The van der Waals surface area contributed by atoms with E-state index in [0.717, 1.165) is 32.4 Å². The molecular weight excluding hydrogens is 416 g/mol. The van der Waals surface area contributed by atoms with Crippen LogP contribution in [-0.4, -0.2) is 23.4 Å². The van der Waals surface area contributed by atoms with E-state index >= 15 is 0 Å². The molecule has 0 amide bonds. The van der Waals surface area contributed by atoms with Crippen molar-refractivity contribution >= 4 is 35.5 Å². The molecule has 0 N–H and O–H groups in total. The number of rotatable bonds is 9. The van der Waals surface area contributed by atoms with Crippen molar-refractivity contribution in [2.75, 3.05) is 11.5 Å². The Bertz CT molecular complexity index is 979. The Labute approximate surface area is 186 Å². The fourth-order valence-corrected chi connectivity index (χ4v) is 4.11. The number of hydrogen-bond donors (Lipinski definition) is 0. The topological polar surface area (TPSA) is 52.6 Å². The van der Waals surface area contributed by atoms with Crippen LogP contribution in [0.15, 0.2) is 70.5 Å². The van der Waals surface area contributed by atoms with E-state index in [1.54, 1.807) is 43.4 Å². The molecule has 0 aliphatic carbocycles. The second kappa shape index (κ2) is 11.1. The van der Waals surface area contributed by atoms with Gasteiger partial charge in [-0.15, -0.1) is 23.5 Å². The normalized spacial score (nSPS) is 10.4. The predicted molar refractivity (Wildman–Crippen MR) is 126 cm³/mol. The summed E-state index contributed by atoms with van der Waals surface area (Å²) in [5.74, 6) is 1.84. The van der Waals surface area contributed by atoms with Crippen molar-refractivity contribution in [3.63, 3.8) is 0 Å². The summed E-state index contributed by atoms with van der Waals surface area (Å²) in [6.07, 6.45) is 0. The first-order valence-electron chi connectivity index (χ1n) is 9.56. The summed E-state index contributed by atoms with van der Waals surface area (Å²) in [6, 6.07) is 11.3. The number of hydrogen-bond acceptors (Lipinski definition) is 6. The van der Waals surface area contributed by atoms with Gasteiger partial charge in [-0.05, 0) is 66.8 Å². The van der Waals surface area contributed by atoms with E-state index < -0.39 is 11.9 Å². The molecule has 0 aliphatic rings. The summed E-state index contributed by atoms with van der Waals surface area (Å²) in [6.45, 7) is 14.6. The van der Waals surface area contributed by atoms with Crippen LogP contribution in [0.2, 0.25) is 0 Å². The largest absolute Gasteiger partial charge is 0.423 e. The Morgan fingerprint density at radius 2 is 1.43 bits per heavy atom. The summed E-state index contributed by atoms with van der Waals surface area (Å²) in [5.41, 5.74) is 2.72. The fourth-order valence-electron chi connectivity index (χ4n) is 2.49. The van der Waals surface area contributed by atoms with Crippen LogP contribution in [0.1, 0.15) is 27.7 Å². The van der Waals surface area contributed by atoms with Gasteiger partial charge in [-0.25, -0.2) is 9.59 Å². The molecule has 0 aromatic heterocycles. The highest BCUT2D eigenvalue weighted by Crippen LogP contribution is 2.39. The van der Waals surface area contributed by atoms with Gasteiger partial charge >= 0.3 is 11.9 Å². The number of benzene rings is 2. The minimum atomic E-state index is -0.444. The van der Waals surface area contributed by atoms with E-state index in [0.29, 0.717) is 22.6 Å². The lowest BCUT2D eigenvalue weighted by molar-refractivity contribution is -0.131.